The molecule has 0 bridgehead atoms. The fraction of sp³-hybridized carbons (Fsp3) is 0.250. The highest BCUT2D eigenvalue weighted by molar-refractivity contribution is 5.18. The van der Waals surface area contributed by atoms with Crippen LogP contribution in [0.2, 0.25) is 0 Å². The molecule has 2 heteroatoms. The Bertz CT molecular complexity index is 453. The molecule has 0 aliphatic heterocycles. The van der Waals surface area contributed by atoms with Gasteiger partial charge in [-0.05, 0) is 17.5 Å². The maximum Gasteiger partial charge on any atom is 0.0814 e. The molecule has 0 aliphatic carbocycles. The summed E-state index contributed by atoms with van der Waals surface area (Å²) < 4.78 is 0. The Hall–Kier alpha value is -1.64. The van der Waals surface area contributed by atoms with Crippen LogP contribution < -0.4 is 0 Å². The maximum absolute atomic E-state index is 10.0. The summed E-state index contributed by atoms with van der Waals surface area (Å²) in [5.74, 6) is 0. The van der Waals surface area contributed by atoms with E-state index >= 15 is 0 Å². The summed E-state index contributed by atoms with van der Waals surface area (Å²) in [6.07, 6.45) is -0.198. The van der Waals surface area contributed by atoms with E-state index in [0.29, 0.717) is 12.8 Å². The topological polar surface area (TPSA) is 40.5 Å². The maximum atomic E-state index is 10.0. The van der Waals surface area contributed by atoms with E-state index in [1.807, 2.05) is 60.7 Å². The van der Waals surface area contributed by atoms with E-state index in [0.717, 1.165) is 11.1 Å². The molecule has 0 fully saturated rings. The van der Waals surface area contributed by atoms with Gasteiger partial charge in [-0.1, -0.05) is 60.7 Å². The normalized spacial score (nSPS) is 14.1. The minimum atomic E-state index is -0.607. The number of aliphatic hydroxyl groups excluding tert-OH is 2. The van der Waals surface area contributed by atoms with E-state index < -0.39 is 12.2 Å². The van der Waals surface area contributed by atoms with Crippen LogP contribution in [0.1, 0.15) is 23.7 Å². The van der Waals surface area contributed by atoms with Gasteiger partial charge in [-0.25, -0.2) is 0 Å². The van der Waals surface area contributed by atoms with Crippen LogP contribution in [0.4, 0.5) is 0 Å². The van der Waals surface area contributed by atoms with E-state index in [1.165, 1.54) is 0 Å². The van der Waals surface area contributed by atoms with Gasteiger partial charge in [0, 0.05) is 6.42 Å². The van der Waals surface area contributed by atoms with Crippen molar-refractivity contribution in [3.8, 4) is 0 Å². The van der Waals surface area contributed by atoms with Gasteiger partial charge in [-0.3, -0.25) is 0 Å². The first-order valence-corrected chi connectivity index (χ1v) is 6.20. The second-order valence-electron chi connectivity index (χ2n) is 4.51. The molecule has 2 aromatic carbocycles. The molecule has 18 heavy (non-hydrogen) atoms. The molecule has 2 N–H and O–H groups in total. The molecule has 2 aromatic rings. The summed E-state index contributed by atoms with van der Waals surface area (Å²) in [5, 5.41) is 20.0. The van der Waals surface area contributed by atoms with Gasteiger partial charge in [0.05, 0.1) is 12.2 Å². The monoisotopic (exact) mass is 242 g/mol. The van der Waals surface area contributed by atoms with Crippen molar-refractivity contribution in [2.24, 2.45) is 0 Å². The van der Waals surface area contributed by atoms with Crippen LogP contribution in [0.15, 0.2) is 60.7 Å². The van der Waals surface area contributed by atoms with Gasteiger partial charge < -0.3 is 10.2 Å². The fourth-order valence-electron chi connectivity index (χ4n) is 2.04. The van der Waals surface area contributed by atoms with Gasteiger partial charge in [-0.2, -0.15) is 0 Å². The summed E-state index contributed by atoms with van der Waals surface area (Å²) in [6, 6.07) is 19.3. The third-order valence-corrected chi connectivity index (χ3v) is 2.99. The zero-order chi connectivity index (χ0) is 12.8. The van der Waals surface area contributed by atoms with Crippen LogP contribution in [-0.2, 0) is 6.42 Å². The Labute approximate surface area is 108 Å². The average molecular weight is 242 g/mol. The minimum absolute atomic E-state index is 0.360. The van der Waals surface area contributed by atoms with Crippen LogP contribution in [0.25, 0.3) is 0 Å². The van der Waals surface area contributed by atoms with E-state index in [4.69, 9.17) is 0 Å². The third-order valence-electron chi connectivity index (χ3n) is 2.99. The molecule has 2 nitrogen and oxygen atoms in total. The van der Waals surface area contributed by atoms with Crippen molar-refractivity contribution < 1.29 is 10.2 Å². The molecular formula is C16H18O2. The van der Waals surface area contributed by atoms with Gasteiger partial charge in [0.25, 0.3) is 0 Å². The number of hydrogen-bond donors (Lipinski definition) is 2. The van der Waals surface area contributed by atoms with Gasteiger partial charge in [-0.15, -0.1) is 0 Å². The summed E-state index contributed by atoms with van der Waals surface area (Å²) in [6.45, 7) is 0. The van der Waals surface area contributed by atoms with Crippen LogP contribution in [0, 0.1) is 0 Å². The van der Waals surface area contributed by atoms with Crippen LogP contribution in [0.3, 0.4) is 0 Å². The Morgan fingerprint density at radius 1 is 0.778 bits per heavy atom. The molecule has 0 aromatic heterocycles. The molecule has 0 radical (unpaired) electrons. The Morgan fingerprint density at radius 2 is 1.33 bits per heavy atom. The minimum Gasteiger partial charge on any atom is -0.393 e. The van der Waals surface area contributed by atoms with Gasteiger partial charge >= 0.3 is 0 Å². The SMILES string of the molecule is O[C@@H](Cc1ccccc1)C[C@@H](O)c1ccccc1. The smallest absolute Gasteiger partial charge is 0.0814 e. The van der Waals surface area contributed by atoms with Crippen molar-refractivity contribution >= 4 is 0 Å². The quantitative estimate of drug-likeness (QED) is 0.846. The van der Waals surface area contributed by atoms with Crippen molar-refractivity contribution in [2.45, 2.75) is 25.0 Å². The van der Waals surface area contributed by atoms with Crippen LogP contribution in [0.5, 0.6) is 0 Å². The number of aliphatic hydroxyl groups is 2. The van der Waals surface area contributed by atoms with E-state index in [9.17, 15) is 10.2 Å². The Morgan fingerprint density at radius 3 is 1.94 bits per heavy atom. The predicted octanol–water partition coefficient (Wildman–Crippen LogP) is 2.71. The van der Waals surface area contributed by atoms with Gasteiger partial charge in [0.15, 0.2) is 0 Å². The predicted molar refractivity (Wildman–Crippen MR) is 72.2 cm³/mol. The summed E-state index contributed by atoms with van der Waals surface area (Å²) in [5.41, 5.74) is 1.94. The lowest BCUT2D eigenvalue weighted by Crippen LogP contribution is -2.15. The Balaban J connectivity index is 1.90. The highest BCUT2D eigenvalue weighted by Gasteiger charge is 2.13. The lowest BCUT2D eigenvalue weighted by atomic mass is 9.99. The molecule has 0 unspecified atom stereocenters. The van der Waals surface area contributed by atoms with Crippen molar-refractivity contribution in [1.29, 1.82) is 0 Å². The molecule has 0 amide bonds. The summed E-state index contributed by atoms with van der Waals surface area (Å²) in [4.78, 5) is 0. The van der Waals surface area contributed by atoms with Crippen molar-refractivity contribution in [1.82, 2.24) is 0 Å². The van der Waals surface area contributed by atoms with E-state index in [-0.39, 0.29) is 0 Å². The molecule has 0 aliphatic rings. The molecule has 2 rings (SSSR count). The zero-order valence-electron chi connectivity index (χ0n) is 10.2. The number of rotatable bonds is 5. The molecule has 0 spiro atoms. The van der Waals surface area contributed by atoms with Gasteiger partial charge in [0.2, 0.25) is 0 Å². The number of benzene rings is 2. The second-order valence-corrected chi connectivity index (χ2v) is 4.51. The first kappa shape index (κ1) is 12.8. The lowest BCUT2D eigenvalue weighted by Gasteiger charge is -2.16. The van der Waals surface area contributed by atoms with Crippen molar-refractivity contribution in [2.75, 3.05) is 0 Å². The molecule has 0 saturated heterocycles. The zero-order valence-corrected chi connectivity index (χ0v) is 10.2. The standard InChI is InChI=1S/C16H18O2/c17-15(11-13-7-3-1-4-8-13)12-16(18)14-9-5-2-6-10-14/h1-10,15-18H,11-12H2/t15-,16+/m0/s1. The first-order valence-electron chi connectivity index (χ1n) is 6.20. The molecule has 94 valence electrons. The van der Waals surface area contributed by atoms with Crippen LogP contribution >= 0.6 is 0 Å². The summed E-state index contributed by atoms with van der Waals surface area (Å²) in [7, 11) is 0. The second kappa shape index (κ2) is 6.34. The van der Waals surface area contributed by atoms with Crippen molar-refractivity contribution in [3.63, 3.8) is 0 Å². The molecular weight excluding hydrogens is 224 g/mol. The average Bonchev–Trinajstić information content (AvgIpc) is 2.40. The van der Waals surface area contributed by atoms with E-state index in [2.05, 4.69) is 0 Å². The van der Waals surface area contributed by atoms with Crippen molar-refractivity contribution in [3.05, 3.63) is 71.8 Å². The number of hydrogen-bond acceptors (Lipinski definition) is 2. The first-order chi connectivity index (χ1) is 8.75. The van der Waals surface area contributed by atoms with E-state index in [1.54, 1.807) is 0 Å². The molecule has 0 saturated carbocycles. The highest BCUT2D eigenvalue weighted by atomic mass is 16.3. The lowest BCUT2D eigenvalue weighted by molar-refractivity contribution is 0.0807. The summed E-state index contributed by atoms with van der Waals surface area (Å²) >= 11 is 0. The molecule has 2 atom stereocenters. The fourth-order valence-corrected chi connectivity index (χ4v) is 2.04. The largest absolute Gasteiger partial charge is 0.393 e. The Kier molecular flexibility index (Phi) is 4.51. The highest BCUT2D eigenvalue weighted by Crippen LogP contribution is 2.19. The van der Waals surface area contributed by atoms with Crippen LogP contribution in [-0.4, -0.2) is 16.3 Å². The van der Waals surface area contributed by atoms with Gasteiger partial charge in [0.1, 0.15) is 0 Å². The third kappa shape index (κ3) is 3.69. The molecule has 0 heterocycles.